The summed E-state index contributed by atoms with van der Waals surface area (Å²) in [5.74, 6) is 1.34. The van der Waals surface area contributed by atoms with Gasteiger partial charge in [-0.3, -0.25) is 4.68 Å². The summed E-state index contributed by atoms with van der Waals surface area (Å²) >= 11 is 0. The van der Waals surface area contributed by atoms with Crippen molar-refractivity contribution < 1.29 is 13.5 Å². The van der Waals surface area contributed by atoms with Crippen molar-refractivity contribution >= 4 is 23.3 Å². The van der Waals surface area contributed by atoms with Crippen LogP contribution in [-0.2, 0) is 6.54 Å². The van der Waals surface area contributed by atoms with Crippen LogP contribution in [0.4, 0.5) is 32.1 Å². The molecule has 0 amide bonds. The van der Waals surface area contributed by atoms with Gasteiger partial charge >= 0.3 is 0 Å². The zero-order valence-electron chi connectivity index (χ0n) is 22.3. The molecule has 11 nitrogen and oxygen atoms in total. The van der Waals surface area contributed by atoms with E-state index in [0.29, 0.717) is 41.4 Å². The highest BCUT2D eigenvalue weighted by molar-refractivity contribution is 5.66. The van der Waals surface area contributed by atoms with Gasteiger partial charge in [-0.25, -0.2) is 38.7 Å². The molecule has 0 bridgehead atoms. The van der Waals surface area contributed by atoms with Gasteiger partial charge in [0.2, 0.25) is 0 Å². The summed E-state index contributed by atoms with van der Waals surface area (Å²) in [4.78, 5) is 25.8. The highest BCUT2D eigenvalue weighted by atomic mass is 19.1. The quantitative estimate of drug-likeness (QED) is 0.233. The van der Waals surface area contributed by atoms with Crippen LogP contribution in [0, 0.1) is 18.6 Å². The van der Waals surface area contributed by atoms with Crippen LogP contribution in [0.2, 0.25) is 0 Å². The summed E-state index contributed by atoms with van der Waals surface area (Å²) in [5, 5.41) is 11.1. The molecule has 1 saturated carbocycles. The van der Waals surface area contributed by atoms with Crippen LogP contribution < -0.4 is 15.4 Å². The predicted molar refractivity (Wildman–Crippen MR) is 147 cm³/mol. The number of nitrogens with zero attached hydrogens (tertiary/aromatic N) is 8. The number of benzene rings is 1. The number of anilines is 4. The average Bonchev–Trinajstić information content (AvgIpc) is 3.74. The molecule has 0 aliphatic heterocycles. The van der Waals surface area contributed by atoms with Gasteiger partial charge in [-0.1, -0.05) is 0 Å². The van der Waals surface area contributed by atoms with Gasteiger partial charge in [0.25, 0.3) is 0 Å². The highest BCUT2D eigenvalue weighted by Gasteiger charge is 2.32. The Labute approximate surface area is 234 Å². The lowest BCUT2D eigenvalue weighted by Crippen LogP contribution is -2.10. The number of rotatable bonds is 10. The monoisotopic (exact) mass is 556 g/mol. The van der Waals surface area contributed by atoms with E-state index >= 15 is 0 Å². The molecular formula is C28H26F2N10O. The number of nitrogens with one attached hydrogen (secondary N) is 2. The first-order valence-electron chi connectivity index (χ1n) is 13.1. The Bertz CT molecular complexity index is 1590. The minimum atomic E-state index is -0.687. The lowest BCUT2D eigenvalue weighted by atomic mass is 10.1. The van der Waals surface area contributed by atoms with Gasteiger partial charge in [0.15, 0.2) is 5.82 Å². The molecule has 1 fully saturated rings. The standard InChI is InChI=1S/C28H26F2N10O/c1-3-41-18-10-20(29)19(21(30)11-18)13-40-27(17-4-5-17)16(2)26(39-40)28-37-24(35-22-6-8-31-14-33-22)12-25(38-28)36-23-7-9-32-15-34-23/h6-12,14-15,17H,3-5,13H2,1-2H3,(H2,31,32,33,34,35,36,37,38). The van der Waals surface area contributed by atoms with Crippen molar-refractivity contribution in [3.63, 3.8) is 0 Å². The third-order valence-electron chi connectivity index (χ3n) is 6.55. The Morgan fingerprint density at radius 3 is 2.02 bits per heavy atom. The summed E-state index contributed by atoms with van der Waals surface area (Å²) in [5.41, 5.74) is 2.19. The third kappa shape index (κ3) is 5.78. The molecule has 4 aromatic heterocycles. The molecule has 6 rings (SSSR count). The molecule has 1 aliphatic carbocycles. The second kappa shape index (κ2) is 11.2. The molecule has 1 aromatic carbocycles. The Balaban J connectivity index is 1.41. The first-order valence-corrected chi connectivity index (χ1v) is 13.1. The molecule has 0 spiro atoms. The minimum absolute atomic E-state index is 0.0817. The average molecular weight is 557 g/mol. The van der Waals surface area contributed by atoms with Crippen molar-refractivity contribution in [1.82, 2.24) is 39.7 Å². The van der Waals surface area contributed by atoms with Crippen molar-refractivity contribution in [2.75, 3.05) is 17.2 Å². The maximum atomic E-state index is 15.0. The van der Waals surface area contributed by atoms with E-state index in [2.05, 4.69) is 30.6 Å². The van der Waals surface area contributed by atoms with Gasteiger partial charge in [0.05, 0.1) is 13.2 Å². The van der Waals surface area contributed by atoms with Crippen LogP contribution in [-0.4, -0.2) is 46.3 Å². The van der Waals surface area contributed by atoms with Gasteiger partial charge in [-0.15, -0.1) is 0 Å². The zero-order valence-corrected chi connectivity index (χ0v) is 22.3. The zero-order chi connectivity index (χ0) is 28.3. The van der Waals surface area contributed by atoms with Crippen molar-refractivity contribution in [2.24, 2.45) is 0 Å². The van der Waals surface area contributed by atoms with E-state index < -0.39 is 11.6 Å². The van der Waals surface area contributed by atoms with E-state index in [4.69, 9.17) is 19.8 Å². The van der Waals surface area contributed by atoms with Gasteiger partial charge in [-0.2, -0.15) is 5.10 Å². The number of hydrogen-bond acceptors (Lipinski definition) is 10. The van der Waals surface area contributed by atoms with Crippen LogP contribution in [0.5, 0.6) is 5.75 Å². The van der Waals surface area contributed by atoms with E-state index in [9.17, 15) is 8.78 Å². The fourth-order valence-electron chi connectivity index (χ4n) is 4.57. The Morgan fingerprint density at radius 1 is 0.902 bits per heavy atom. The summed E-state index contributed by atoms with van der Waals surface area (Å²) in [7, 11) is 0. The topological polar surface area (TPSA) is 128 Å². The number of ether oxygens (including phenoxy) is 1. The molecule has 13 heteroatoms. The first-order chi connectivity index (χ1) is 20.0. The molecule has 4 heterocycles. The lowest BCUT2D eigenvalue weighted by molar-refractivity contribution is 0.335. The molecule has 41 heavy (non-hydrogen) atoms. The highest BCUT2D eigenvalue weighted by Crippen LogP contribution is 2.44. The SMILES string of the molecule is CCOc1cc(F)c(Cn2nc(-c3nc(Nc4ccncn4)cc(Nc4ccncn4)n3)c(C)c2C2CC2)c(F)c1. The molecule has 0 radical (unpaired) electrons. The summed E-state index contributed by atoms with van der Waals surface area (Å²) in [6, 6.07) is 7.54. The van der Waals surface area contributed by atoms with Gasteiger partial charge in [0, 0.05) is 53.3 Å². The third-order valence-corrected chi connectivity index (χ3v) is 6.55. The van der Waals surface area contributed by atoms with Crippen molar-refractivity contribution in [2.45, 2.75) is 39.2 Å². The molecule has 5 aromatic rings. The van der Waals surface area contributed by atoms with Crippen LogP contribution in [0.25, 0.3) is 11.5 Å². The fourth-order valence-corrected chi connectivity index (χ4v) is 4.57. The Morgan fingerprint density at radius 2 is 1.51 bits per heavy atom. The Kier molecular flexibility index (Phi) is 7.15. The maximum absolute atomic E-state index is 15.0. The smallest absolute Gasteiger partial charge is 0.184 e. The number of halogens is 2. The fraction of sp³-hybridized carbons (Fsp3) is 0.250. The van der Waals surface area contributed by atoms with Crippen molar-refractivity contribution in [3.05, 3.63) is 83.8 Å². The van der Waals surface area contributed by atoms with Crippen molar-refractivity contribution in [3.8, 4) is 17.3 Å². The second-order valence-electron chi connectivity index (χ2n) is 9.49. The Hall–Kier alpha value is -5.07. The number of aromatic nitrogens is 8. The van der Waals surface area contributed by atoms with Crippen LogP contribution in [0.3, 0.4) is 0 Å². The summed E-state index contributed by atoms with van der Waals surface area (Å²) in [6.07, 6.45) is 8.03. The van der Waals surface area contributed by atoms with E-state index in [-0.39, 0.29) is 23.8 Å². The van der Waals surface area contributed by atoms with Crippen LogP contribution >= 0.6 is 0 Å². The number of hydrogen-bond donors (Lipinski definition) is 2. The van der Waals surface area contributed by atoms with Crippen LogP contribution in [0.15, 0.2) is 55.4 Å². The molecule has 2 N–H and O–H groups in total. The predicted octanol–water partition coefficient (Wildman–Crippen LogP) is 5.32. The molecule has 1 aliphatic rings. The summed E-state index contributed by atoms with van der Waals surface area (Å²) in [6.45, 7) is 3.92. The van der Waals surface area contributed by atoms with E-state index in [1.807, 2.05) is 6.92 Å². The molecular weight excluding hydrogens is 530 g/mol. The van der Waals surface area contributed by atoms with Crippen LogP contribution in [0.1, 0.15) is 42.5 Å². The second-order valence-corrected chi connectivity index (χ2v) is 9.49. The van der Waals surface area contributed by atoms with Gasteiger partial charge in [0.1, 0.15) is 59.0 Å². The van der Waals surface area contributed by atoms with Crippen molar-refractivity contribution in [1.29, 1.82) is 0 Å². The van der Waals surface area contributed by atoms with Gasteiger partial charge < -0.3 is 15.4 Å². The molecule has 208 valence electrons. The van der Waals surface area contributed by atoms with E-state index in [1.165, 1.54) is 24.8 Å². The largest absolute Gasteiger partial charge is 0.494 e. The van der Waals surface area contributed by atoms with E-state index in [0.717, 1.165) is 24.1 Å². The first kappa shape index (κ1) is 26.2. The molecule has 0 saturated heterocycles. The minimum Gasteiger partial charge on any atom is -0.494 e. The molecule has 0 unspecified atom stereocenters. The van der Waals surface area contributed by atoms with Gasteiger partial charge in [-0.05, 0) is 38.8 Å². The summed E-state index contributed by atoms with van der Waals surface area (Å²) < 4.78 is 36.9. The molecule has 0 atom stereocenters. The normalized spacial score (nSPS) is 12.8. The maximum Gasteiger partial charge on any atom is 0.184 e. The lowest BCUT2D eigenvalue weighted by Gasteiger charge is -2.11. The van der Waals surface area contributed by atoms with E-state index in [1.54, 1.807) is 42.2 Å².